The highest BCUT2D eigenvalue weighted by Crippen LogP contribution is 2.33. The van der Waals surface area contributed by atoms with E-state index in [-0.39, 0.29) is 30.6 Å². The van der Waals surface area contributed by atoms with E-state index in [1.54, 1.807) is 11.0 Å². The normalized spacial score (nSPS) is 15.0. The number of halogens is 3. The van der Waals surface area contributed by atoms with E-state index in [1.165, 1.54) is 12.1 Å². The fourth-order valence-corrected chi connectivity index (χ4v) is 3.99. The minimum absolute atomic E-state index is 0. The van der Waals surface area contributed by atoms with E-state index >= 15 is 0 Å². The van der Waals surface area contributed by atoms with Crippen LogP contribution < -0.4 is 16.1 Å². The summed E-state index contributed by atoms with van der Waals surface area (Å²) in [6.07, 6.45) is 2.75. The Labute approximate surface area is 202 Å². The second kappa shape index (κ2) is 10.2. The molecular formula is C23H23Cl2FN6O. The van der Waals surface area contributed by atoms with Crippen LogP contribution >= 0.6 is 24.8 Å². The summed E-state index contributed by atoms with van der Waals surface area (Å²) < 4.78 is 16.2. The van der Waals surface area contributed by atoms with Gasteiger partial charge in [0.15, 0.2) is 18.3 Å². The molecule has 0 radical (unpaired) electrons. The number of hydrazone groups is 1. The first kappa shape index (κ1) is 24.4. The standard InChI is InChI=1S/C23H21FN6O.2ClH/c24-16-7-9-20-17(12-16)21(13-29(20)11-3-10-25)30-22(14-31)27-28-23(30)19-8-6-15-4-1-2-5-18(15)26-19;;/h1-2,4-9,12-14,22,27H,3,10-11,25H2;2*1H. The maximum absolute atomic E-state index is 14.2. The number of aryl methyl sites for hydroxylation is 1. The summed E-state index contributed by atoms with van der Waals surface area (Å²) in [5.41, 5.74) is 11.6. The molecule has 1 aliphatic heterocycles. The van der Waals surface area contributed by atoms with Gasteiger partial charge in [-0.3, -0.25) is 15.1 Å². The van der Waals surface area contributed by atoms with Crippen molar-refractivity contribution in [3.63, 3.8) is 0 Å². The first-order valence-electron chi connectivity index (χ1n) is 10.1. The zero-order valence-electron chi connectivity index (χ0n) is 17.5. The smallest absolute Gasteiger partial charge is 0.181 e. The van der Waals surface area contributed by atoms with Gasteiger partial charge in [-0.25, -0.2) is 9.37 Å². The van der Waals surface area contributed by atoms with Crippen molar-refractivity contribution in [2.75, 3.05) is 11.4 Å². The van der Waals surface area contributed by atoms with Gasteiger partial charge in [0.1, 0.15) is 11.5 Å². The van der Waals surface area contributed by atoms with Gasteiger partial charge in [-0.1, -0.05) is 24.3 Å². The number of hydrogen-bond acceptors (Lipinski definition) is 6. The summed E-state index contributed by atoms with van der Waals surface area (Å²) in [5.74, 6) is 0.160. The number of nitrogens with one attached hydrogen (secondary N) is 1. The van der Waals surface area contributed by atoms with Crippen LogP contribution in [0.4, 0.5) is 10.1 Å². The Morgan fingerprint density at radius 2 is 1.94 bits per heavy atom. The van der Waals surface area contributed by atoms with Crippen LogP contribution in [0.5, 0.6) is 0 Å². The molecule has 10 heteroatoms. The molecule has 0 amide bonds. The van der Waals surface area contributed by atoms with Crippen molar-refractivity contribution >= 4 is 64.4 Å². The number of nitrogens with two attached hydrogens (primary N) is 1. The van der Waals surface area contributed by atoms with E-state index in [4.69, 9.17) is 10.7 Å². The van der Waals surface area contributed by atoms with Gasteiger partial charge < -0.3 is 10.3 Å². The van der Waals surface area contributed by atoms with Crippen molar-refractivity contribution < 1.29 is 9.18 Å². The molecule has 4 aromatic rings. The SMILES string of the molecule is Cl.Cl.NCCCn1cc(N2C(c3ccc4ccccc4n3)=NNC2C=O)c2cc(F)ccc21. The molecule has 5 rings (SSSR count). The zero-order chi connectivity index (χ0) is 21.4. The molecule has 172 valence electrons. The van der Waals surface area contributed by atoms with Gasteiger partial charge >= 0.3 is 0 Å². The molecule has 1 atom stereocenters. The number of carbonyl (C=O) groups is 1. The minimum Gasteiger partial charge on any atom is -0.345 e. The van der Waals surface area contributed by atoms with Crippen molar-refractivity contribution in [3.8, 4) is 0 Å². The highest BCUT2D eigenvalue weighted by Gasteiger charge is 2.33. The summed E-state index contributed by atoms with van der Waals surface area (Å²) in [7, 11) is 0. The topological polar surface area (TPSA) is 88.5 Å². The van der Waals surface area contributed by atoms with Gasteiger partial charge in [0.25, 0.3) is 0 Å². The molecule has 0 aliphatic carbocycles. The Balaban J connectivity index is 0.00000153. The third-order valence-corrected chi connectivity index (χ3v) is 5.45. The summed E-state index contributed by atoms with van der Waals surface area (Å²) in [4.78, 5) is 18.4. The Morgan fingerprint density at radius 1 is 1.12 bits per heavy atom. The molecule has 0 saturated carbocycles. The van der Waals surface area contributed by atoms with Gasteiger partial charge in [-0.2, -0.15) is 5.10 Å². The number of aromatic nitrogens is 2. The molecule has 7 nitrogen and oxygen atoms in total. The number of para-hydroxylation sites is 1. The second-order valence-electron chi connectivity index (χ2n) is 7.42. The van der Waals surface area contributed by atoms with Crippen LogP contribution in [0.1, 0.15) is 12.1 Å². The molecule has 1 unspecified atom stereocenters. The fourth-order valence-electron chi connectivity index (χ4n) is 3.99. The zero-order valence-corrected chi connectivity index (χ0v) is 19.2. The number of aldehydes is 1. The average Bonchev–Trinajstić information content (AvgIpc) is 3.38. The van der Waals surface area contributed by atoms with Gasteiger partial charge in [0.05, 0.1) is 16.7 Å². The summed E-state index contributed by atoms with van der Waals surface area (Å²) in [5, 5.41) is 6.11. The van der Waals surface area contributed by atoms with Crippen LogP contribution in [-0.2, 0) is 11.3 Å². The van der Waals surface area contributed by atoms with Crippen molar-refractivity contribution in [2.24, 2.45) is 10.8 Å². The third-order valence-electron chi connectivity index (χ3n) is 5.45. The van der Waals surface area contributed by atoms with Crippen molar-refractivity contribution in [1.29, 1.82) is 0 Å². The predicted octanol–water partition coefficient (Wildman–Crippen LogP) is 3.82. The first-order valence-corrected chi connectivity index (χ1v) is 10.1. The number of nitrogens with zero attached hydrogens (tertiary/aromatic N) is 4. The molecule has 0 saturated heterocycles. The monoisotopic (exact) mass is 488 g/mol. The van der Waals surface area contributed by atoms with Crippen LogP contribution in [0.3, 0.4) is 0 Å². The van der Waals surface area contributed by atoms with Gasteiger partial charge in [-0.05, 0) is 43.3 Å². The van der Waals surface area contributed by atoms with Crippen LogP contribution in [-0.4, -0.2) is 34.4 Å². The largest absolute Gasteiger partial charge is 0.345 e. The second-order valence-corrected chi connectivity index (χ2v) is 7.42. The third kappa shape index (κ3) is 4.37. The quantitative estimate of drug-likeness (QED) is 0.402. The van der Waals surface area contributed by atoms with Crippen LogP contribution in [0.25, 0.3) is 21.8 Å². The number of hydrogen-bond donors (Lipinski definition) is 2. The molecule has 2 aromatic carbocycles. The molecule has 2 aromatic heterocycles. The molecule has 33 heavy (non-hydrogen) atoms. The molecular weight excluding hydrogens is 466 g/mol. The van der Waals surface area contributed by atoms with E-state index in [2.05, 4.69) is 10.5 Å². The van der Waals surface area contributed by atoms with Crippen LogP contribution in [0.2, 0.25) is 0 Å². The predicted molar refractivity (Wildman–Crippen MR) is 134 cm³/mol. The molecule has 0 spiro atoms. The van der Waals surface area contributed by atoms with Gasteiger partial charge in [0, 0.05) is 23.5 Å². The Morgan fingerprint density at radius 3 is 2.73 bits per heavy atom. The summed E-state index contributed by atoms with van der Waals surface area (Å²) >= 11 is 0. The molecule has 0 bridgehead atoms. The Hall–Kier alpha value is -3.20. The first-order chi connectivity index (χ1) is 15.2. The number of anilines is 1. The lowest BCUT2D eigenvalue weighted by atomic mass is 10.1. The number of amidine groups is 1. The number of rotatable bonds is 6. The van der Waals surface area contributed by atoms with E-state index in [0.717, 1.165) is 29.1 Å². The Bertz CT molecular complexity index is 1330. The van der Waals surface area contributed by atoms with E-state index in [0.29, 0.717) is 35.7 Å². The number of benzene rings is 2. The molecule has 3 N–H and O–H groups in total. The lowest BCUT2D eigenvalue weighted by Crippen LogP contribution is -2.42. The molecule has 0 fully saturated rings. The summed E-state index contributed by atoms with van der Waals surface area (Å²) in [6.45, 7) is 1.23. The molecule has 1 aliphatic rings. The van der Waals surface area contributed by atoms with Crippen LogP contribution in [0.15, 0.2) is 65.9 Å². The maximum Gasteiger partial charge on any atom is 0.181 e. The highest BCUT2D eigenvalue weighted by molar-refractivity contribution is 6.16. The molecule has 3 heterocycles. The lowest BCUT2D eigenvalue weighted by molar-refractivity contribution is -0.109. The van der Waals surface area contributed by atoms with Crippen molar-refractivity contribution in [3.05, 3.63) is 72.3 Å². The maximum atomic E-state index is 14.2. The highest BCUT2D eigenvalue weighted by atomic mass is 35.5. The lowest BCUT2D eigenvalue weighted by Gasteiger charge is -2.22. The Kier molecular flexibility index (Phi) is 7.53. The van der Waals surface area contributed by atoms with Crippen molar-refractivity contribution in [1.82, 2.24) is 15.0 Å². The number of pyridine rings is 1. The van der Waals surface area contributed by atoms with Crippen LogP contribution in [0, 0.1) is 5.82 Å². The van der Waals surface area contributed by atoms with Crippen molar-refractivity contribution in [2.45, 2.75) is 19.1 Å². The van der Waals surface area contributed by atoms with E-state index in [9.17, 15) is 9.18 Å². The van der Waals surface area contributed by atoms with Gasteiger partial charge in [-0.15, -0.1) is 24.8 Å². The number of fused-ring (bicyclic) bond motifs is 2. The fraction of sp³-hybridized carbons (Fsp3) is 0.174. The van der Waals surface area contributed by atoms with Gasteiger partial charge in [0.2, 0.25) is 0 Å². The minimum atomic E-state index is -0.722. The average molecular weight is 489 g/mol. The number of carbonyl (C=O) groups excluding carboxylic acids is 1. The van der Waals surface area contributed by atoms with E-state index in [1.807, 2.05) is 47.2 Å². The summed E-state index contributed by atoms with van der Waals surface area (Å²) in [6, 6.07) is 16.3. The van der Waals surface area contributed by atoms with E-state index < -0.39 is 6.17 Å².